The van der Waals surface area contributed by atoms with E-state index in [4.69, 9.17) is 5.26 Å². The third-order valence-electron chi connectivity index (χ3n) is 2.20. The van der Waals surface area contributed by atoms with Crippen LogP contribution in [0.4, 0.5) is 11.6 Å². The molecular formula is C11H7N5O2. The fourth-order valence-corrected chi connectivity index (χ4v) is 1.38. The molecule has 2 aromatic rings. The molecule has 0 aliphatic heterocycles. The zero-order valence-electron chi connectivity index (χ0n) is 9.07. The number of anilines is 1. The van der Waals surface area contributed by atoms with E-state index in [0.29, 0.717) is 11.3 Å². The van der Waals surface area contributed by atoms with E-state index in [1.54, 1.807) is 24.4 Å². The van der Waals surface area contributed by atoms with Crippen LogP contribution >= 0.6 is 0 Å². The summed E-state index contributed by atoms with van der Waals surface area (Å²) in [6.07, 6.45) is 3.23. The van der Waals surface area contributed by atoms with Crippen LogP contribution in [0.2, 0.25) is 0 Å². The van der Waals surface area contributed by atoms with Crippen LogP contribution in [0.25, 0.3) is 11.3 Å². The third kappa shape index (κ3) is 2.38. The Morgan fingerprint density at radius 1 is 1.28 bits per heavy atom. The summed E-state index contributed by atoms with van der Waals surface area (Å²) in [6, 6.07) is 7.64. The number of nitriles is 1. The lowest BCUT2D eigenvalue weighted by molar-refractivity contribution is -0.384. The number of rotatable bonds is 3. The van der Waals surface area contributed by atoms with Gasteiger partial charge in [0, 0.05) is 23.9 Å². The van der Waals surface area contributed by atoms with Gasteiger partial charge in [0.25, 0.3) is 5.69 Å². The summed E-state index contributed by atoms with van der Waals surface area (Å²) in [6.45, 7) is 0. The normalized spacial score (nSPS) is 9.50. The molecule has 2 rings (SSSR count). The van der Waals surface area contributed by atoms with Crippen LogP contribution < -0.4 is 5.32 Å². The van der Waals surface area contributed by atoms with Crippen LogP contribution in [-0.4, -0.2) is 14.9 Å². The van der Waals surface area contributed by atoms with Gasteiger partial charge in [0.2, 0.25) is 5.95 Å². The molecule has 0 saturated heterocycles. The molecule has 1 aromatic heterocycles. The van der Waals surface area contributed by atoms with Crippen molar-refractivity contribution in [3.05, 3.63) is 46.6 Å². The van der Waals surface area contributed by atoms with E-state index >= 15 is 0 Å². The second-order valence-electron chi connectivity index (χ2n) is 3.31. The van der Waals surface area contributed by atoms with Gasteiger partial charge in [-0.2, -0.15) is 5.26 Å². The molecule has 0 saturated carbocycles. The van der Waals surface area contributed by atoms with Gasteiger partial charge in [-0.15, -0.1) is 0 Å². The van der Waals surface area contributed by atoms with Gasteiger partial charge < -0.3 is 0 Å². The molecule has 0 atom stereocenters. The van der Waals surface area contributed by atoms with Crippen LogP contribution in [0.15, 0.2) is 36.5 Å². The number of non-ortho nitro benzene ring substituents is 1. The van der Waals surface area contributed by atoms with E-state index in [9.17, 15) is 10.1 Å². The minimum absolute atomic E-state index is 0.0168. The van der Waals surface area contributed by atoms with Crippen LogP contribution in [0.1, 0.15) is 0 Å². The SMILES string of the molecule is N#CNc1nccc(-c2ccc([N+](=O)[O-])cc2)n1. The Hall–Kier alpha value is -3.01. The standard InChI is InChI=1S/C11H7N5O2/c12-7-14-11-13-6-5-10(15-11)8-1-3-9(4-2-8)16(17)18/h1-6H,(H,13,14,15). The van der Waals surface area contributed by atoms with E-state index in [-0.39, 0.29) is 11.6 Å². The molecule has 0 fully saturated rings. The van der Waals surface area contributed by atoms with Crippen molar-refractivity contribution in [3.63, 3.8) is 0 Å². The molecule has 0 aliphatic rings. The van der Waals surface area contributed by atoms with Gasteiger partial charge >= 0.3 is 0 Å². The summed E-state index contributed by atoms with van der Waals surface area (Å²) in [5.74, 6) is 0.188. The largest absolute Gasteiger partial charge is 0.269 e. The number of nitro benzene ring substituents is 1. The number of nitro groups is 1. The van der Waals surface area contributed by atoms with Crippen molar-refractivity contribution in [1.82, 2.24) is 9.97 Å². The number of nitrogens with one attached hydrogen (secondary N) is 1. The number of hydrogen-bond acceptors (Lipinski definition) is 6. The predicted octanol–water partition coefficient (Wildman–Crippen LogP) is 1.94. The van der Waals surface area contributed by atoms with Crippen LogP contribution in [0.5, 0.6) is 0 Å². The van der Waals surface area contributed by atoms with Crippen LogP contribution in [0.3, 0.4) is 0 Å². The minimum Gasteiger partial charge on any atom is -0.261 e. The molecule has 1 aromatic carbocycles. The molecule has 0 radical (unpaired) electrons. The second kappa shape index (κ2) is 4.88. The molecule has 0 bridgehead atoms. The second-order valence-corrected chi connectivity index (χ2v) is 3.31. The molecular weight excluding hydrogens is 234 g/mol. The van der Waals surface area contributed by atoms with Gasteiger partial charge in [0.1, 0.15) is 0 Å². The van der Waals surface area contributed by atoms with Crippen molar-refractivity contribution < 1.29 is 4.92 Å². The Kier molecular flexibility index (Phi) is 3.11. The zero-order chi connectivity index (χ0) is 13.0. The van der Waals surface area contributed by atoms with Gasteiger partial charge in [-0.3, -0.25) is 15.4 Å². The summed E-state index contributed by atoms with van der Waals surface area (Å²) >= 11 is 0. The molecule has 88 valence electrons. The molecule has 7 heteroatoms. The quantitative estimate of drug-likeness (QED) is 0.381. The fraction of sp³-hybridized carbons (Fsp3) is 0. The van der Waals surface area contributed by atoms with Crippen molar-refractivity contribution in [2.24, 2.45) is 0 Å². The van der Waals surface area contributed by atoms with Crippen molar-refractivity contribution in [3.8, 4) is 17.5 Å². The Bertz CT molecular complexity index is 618. The van der Waals surface area contributed by atoms with Crippen molar-refractivity contribution in [1.29, 1.82) is 5.26 Å². The number of benzene rings is 1. The highest BCUT2D eigenvalue weighted by atomic mass is 16.6. The van der Waals surface area contributed by atoms with Crippen molar-refractivity contribution >= 4 is 11.6 Å². The van der Waals surface area contributed by atoms with Crippen molar-refractivity contribution in [2.75, 3.05) is 5.32 Å². The molecule has 18 heavy (non-hydrogen) atoms. The summed E-state index contributed by atoms with van der Waals surface area (Å²) in [4.78, 5) is 18.0. The maximum absolute atomic E-state index is 10.5. The lowest BCUT2D eigenvalue weighted by Gasteiger charge is -2.01. The van der Waals surface area contributed by atoms with Crippen LogP contribution in [-0.2, 0) is 0 Å². The predicted molar refractivity (Wildman–Crippen MR) is 63.4 cm³/mol. The summed E-state index contributed by atoms with van der Waals surface area (Å²) in [7, 11) is 0. The first kappa shape index (κ1) is 11.5. The highest BCUT2D eigenvalue weighted by molar-refractivity contribution is 5.61. The first-order valence-corrected chi connectivity index (χ1v) is 4.93. The first-order valence-electron chi connectivity index (χ1n) is 4.93. The minimum atomic E-state index is -0.466. The molecule has 0 aliphatic carbocycles. The van der Waals surface area contributed by atoms with E-state index in [2.05, 4.69) is 15.3 Å². The van der Waals surface area contributed by atoms with Crippen molar-refractivity contribution in [2.45, 2.75) is 0 Å². The van der Waals surface area contributed by atoms with E-state index in [1.807, 2.05) is 0 Å². The number of hydrogen-bond donors (Lipinski definition) is 1. The molecule has 1 heterocycles. The maximum atomic E-state index is 10.5. The monoisotopic (exact) mass is 241 g/mol. The third-order valence-corrected chi connectivity index (χ3v) is 2.20. The number of nitrogens with zero attached hydrogens (tertiary/aromatic N) is 4. The van der Waals surface area contributed by atoms with E-state index < -0.39 is 4.92 Å². The number of aromatic nitrogens is 2. The van der Waals surface area contributed by atoms with Gasteiger partial charge in [-0.1, -0.05) is 0 Å². The first-order chi connectivity index (χ1) is 8.70. The van der Waals surface area contributed by atoms with Crippen LogP contribution in [0, 0.1) is 21.6 Å². The Morgan fingerprint density at radius 3 is 2.61 bits per heavy atom. The van der Waals surface area contributed by atoms with E-state index in [1.165, 1.54) is 18.3 Å². The topological polar surface area (TPSA) is 105 Å². The van der Waals surface area contributed by atoms with Gasteiger partial charge in [-0.05, 0) is 18.2 Å². The molecule has 0 amide bonds. The molecule has 7 nitrogen and oxygen atoms in total. The highest BCUT2D eigenvalue weighted by Crippen LogP contribution is 2.20. The Labute approximate surface area is 102 Å². The Morgan fingerprint density at radius 2 is 2.00 bits per heavy atom. The zero-order valence-corrected chi connectivity index (χ0v) is 9.07. The smallest absolute Gasteiger partial charge is 0.261 e. The molecule has 1 N–H and O–H groups in total. The lowest BCUT2D eigenvalue weighted by Crippen LogP contribution is -1.96. The molecule has 0 spiro atoms. The summed E-state index contributed by atoms with van der Waals surface area (Å²) < 4.78 is 0. The van der Waals surface area contributed by atoms with Gasteiger partial charge in [0.15, 0.2) is 6.19 Å². The average molecular weight is 241 g/mol. The average Bonchev–Trinajstić information content (AvgIpc) is 2.39. The maximum Gasteiger partial charge on any atom is 0.269 e. The van der Waals surface area contributed by atoms with E-state index in [0.717, 1.165) is 0 Å². The van der Waals surface area contributed by atoms with Gasteiger partial charge in [-0.25, -0.2) is 9.97 Å². The highest BCUT2D eigenvalue weighted by Gasteiger charge is 2.06. The fourth-order valence-electron chi connectivity index (χ4n) is 1.38. The van der Waals surface area contributed by atoms with Gasteiger partial charge in [0.05, 0.1) is 10.6 Å². The lowest BCUT2D eigenvalue weighted by atomic mass is 10.1. The Balaban J connectivity index is 2.34. The summed E-state index contributed by atoms with van der Waals surface area (Å²) in [5.41, 5.74) is 1.31. The summed E-state index contributed by atoms with van der Waals surface area (Å²) in [5, 5.41) is 21.3. The molecule has 0 unspecified atom stereocenters.